The van der Waals surface area contributed by atoms with Crippen LogP contribution >= 0.6 is 12.4 Å². The zero-order valence-corrected chi connectivity index (χ0v) is 13.7. The summed E-state index contributed by atoms with van der Waals surface area (Å²) < 4.78 is 11.1. The summed E-state index contributed by atoms with van der Waals surface area (Å²) in [6.07, 6.45) is 0.928. The summed E-state index contributed by atoms with van der Waals surface area (Å²) in [6.45, 7) is 6.45. The van der Waals surface area contributed by atoms with Gasteiger partial charge in [0.05, 0.1) is 13.2 Å². The Hall–Kier alpha value is -1.46. The van der Waals surface area contributed by atoms with E-state index in [2.05, 4.69) is 10.6 Å². The maximum Gasteiger partial charge on any atom is 0.251 e. The van der Waals surface area contributed by atoms with Crippen molar-refractivity contribution < 1.29 is 14.3 Å². The van der Waals surface area contributed by atoms with Crippen molar-refractivity contribution >= 4 is 18.3 Å². The summed E-state index contributed by atoms with van der Waals surface area (Å²) in [5, 5.41) is 5.81. The van der Waals surface area contributed by atoms with E-state index in [1.807, 2.05) is 20.9 Å². The van der Waals surface area contributed by atoms with Crippen molar-refractivity contribution in [3.8, 4) is 11.5 Å². The molecule has 1 aromatic carbocycles. The van der Waals surface area contributed by atoms with Crippen LogP contribution < -0.4 is 20.1 Å². The topological polar surface area (TPSA) is 59.6 Å². The lowest BCUT2D eigenvalue weighted by molar-refractivity contribution is 0.0953. The molecule has 120 valence electrons. The van der Waals surface area contributed by atoms with E-state index in [-0.39, 0.29) is 18.3 Å². The predicted molar refractivity (Wildman–Crippen MR) is 86.9 cm³/mol. The molecule has 21 heavy (non-hydrogen) atoms. The van der Waals surface area contributed by atoms with Crippen molar-refractivity contribution in [3.05, 3.63) is 23.8 Å². The third kappa shape index (κ3) is 6.69. The van der Waals surface area contributed by atoms with Crippen molar-refractivity contribution in [2.75, 3.05) is 33.4 Å². The number of likely N-dealkylation sites (N-methyl/N-ethyl adjacent to an activating group) is 1. The highest BCUT2D eigenvalue weighted by atomic mass is 35.5. The molecule has 0 aromatic heterocycles. The minimum atomic E-state index is -0.108. The quantitative estimate of drug-likeness (QED) is 0.686. The number of nitrogens with one attached hydrogen (secondary N) is 2. The molecule has 1 amide bonds. The van der Waals surface area contributed by atoms with Gasteiger partial charge in [0, 0.05) is 18.7 Å². The minimum absolute atomic E-state index is 0. The van der Waals surface area contributed by atoms with Crippen LogP contribution in [0.5, 0.6) is 11.5 Å². The van der Waals surface area contributed by atoms with Gasteiger partial charge in [0.25, 0.3) is 5.91 Å². The first-order valence-corrected chi connectivity index (χ1v) is 7.05. The van der Waals surface area contributed by atoms with Crippen molar-refractivity contribution in [3.63, 3.8) is 0 Å². The van der Waals surface area contributed by atoms with Crippen molar-refractivity contribution in [2.24, 2.45) is 0 Å². The molecule has 0 fully saturated rings. The Morgan fingerprint density at radius 1 is 1.14 bits per heavy atom. The number of halogens is 1. The number of hydrogen-bond donors (Lipinski definition) is 2. The molecule has 1 rings (SSSR count). The standard InChI is InChI=1S/C15H24N2O3.ClH/c1-4-10-20-13-7-6-12(11-14(13)19-5-2)15(18)17-9-8-16-3;/h6-7,11,16H,4-5,8-10H2,1-3H3,(H,17,18);1H. The van der Waals surface area contributed by atoms with Gasteiger partial charge >= 0.3 is 0 Å². The third-order valence-corrected chi connectivity index (χ3v) is 2.63. The van der Waals surface area contributed by atoms with E-state index in [4.69, 9.17) is 9.47 Å². The molecule has 0 atom stereocenters. The van der Waals surface area contributed by atoms with Crippen LogP contribution in [0.2, 0.25) is 0 Å². The number of carbonyl (C=O) groups is 1. The van der Waals surface area contributed by atoms with Crippen LogP contribution in [0.25, 0.3) is 0 Å². The molecule has 0 aliphatic carbocycles. The number of rotatable bonds is 9. The van der Waals surface area contributed by atoms with E-state index < -0.39 is 0 Å². The third-order valence-electron chi connectivity index (χ3n) is 2.63. The Balaban J connectivity index is 0.00000400. The molecule has 0 saturated carbocycles. The van der Waals surface area contributed by atoms with Gasteiger partial charge in [-0.2, -0.15) is 0 Å². The molecule has 0 radical (unpaired) electrons. The summed E-state index contributed by atoms with van der Waals surface area (Å²) in [6, 6.07) is 5.26. The van der Waals surface area contributed by atoms with Crippen LogP contribution in [0.4, 0.5) is 0 Å². The zero-order chi connectivity index (χ0) is 14.8. The molecule has 0 spiro atoms. The molecule has 0 aliphatic rings. The van der Waals surface area contributed by atoms with Gasteiger partial charge in [-0.1, -0.05) is 6.92 Å². The highest BCUT2D eigenvalue weighted by Crippen LogP contribution is 2.28. The maximum absolute atomic E-state index is 12.0. The zero-order valence-electron chi connectivity index (χ0n) is 12.9. The summed E-state index contributed by atoms with van der Waals surface area (Å²) in [5.41, 5.74) is 0.577. The highest BCUT2D eigenvalue weighted by Gasteiger charge is 2.11. The molecular formula is C15H25ClN2O3. The van der Waals surface area contributed by atoms with Gasteiger partial charge in [0.2, 0.25) is 0 Å². The maximum atomic E-state index is 12.0. The molecule has 0 heterocycles. The van der Waals surface area contributed by atoms with Crippen LogP contribution in [0, 0.1) is 0 Å². The molecule has 0 aliphatic heterocycles. The second-order valence-corrected chi connectivity index (χ2v) is 4.30. The molecular weight excluding hydrogens is 292 g/mol. The fourth-order valence-corrected chi connectivity index (χ4v) is 1.65. The second kappa shape index (κ2) is 11.2. The van der Waals surface area contributed by atoms with Crippen molar-refractivity contribution in [1.29, 1.82) is 0 Å². The Bertz CT molecular complexity index is 427. The highest BCUT2D eigenvalue weighted by molar-refractivity contribution is 5.94. The van der Waals surface area contributed by atoms with E-state index in [1.165, 1.54) is 0 Å². The van der Waals surface area contributed by atoms with Gasteiger partial charge < -0.3 is 20.1 Å². The minimum Gasteiger partial charge on any atom is -0.490 e. The summed E-state index contributed by atoms with van der Waals surface area (Å²) in [7, 11) is 1.85. The average Bonchev–Trinajstić information content (AvgIpc) is 2.46. The number of carbonyl (C=O) groups excluding carboxylic acids is 1. The van der Waals surface area contributed by atoms with E-state index in [0.717, 1.165) is 13.0 Å². The van der Waals surface area contributed by atoms with Gasteiger partial charge in [-0.25, -0.2) is 0 Å². The number of amides is 1. The summed E-state index contributed by atoms with van der Waals surface area (Å²) >= 11 is 0. The Kier molecular flexibility index (Phi) is 10.4. The number of ether oxygens (including phenoxy) is 2. The lowest BCUT2D eigenvalue weighted by Gasteiger charge is -2.13. The second-order valence-electron chi connectivity index (χ2n) is 4.30. The molecule has 2 N–H and O–H groups in total. The van der Waals surface area contributed by atoms with Crippen LogP contribution in [-0.2, 0) is 0 Å². The van der Waals surface area contributed by atoms with Crippen molar-refractivity contribution in [1.82, 2.24) is 10.6 Å². The lowest BCUT2D eigenvalue weighted by Crippen LogP contribution is -2.30. The molecule has 0 bridgehead atoms. The molecule has 0 saturated heterocycles. The monoisotopic (exact) mass is 316 g/mol. The van der Waals surface area contributed by atoms with E-state index in [9.17, 15) is 4.79 Å². The fourth-order valence-electron chi connectivity index (χ4n) is 1.65. The number of hydrogen-bond acceptors (Lipinski definition) is 4. The van der Waals surface area contributed by atoms with Crippen LogP contribution in [-0.4, -0.2) is 39.3 Å². The molecule has 6 heteroatoms. The van der Waals surface area contributed by atoms with Crippen LogP contribution in [0.15, 0.2) is 18.2 Å². The first-order chi connectivity index (χ1) is 9.72. The fraction of sp³-hybridized carbons (Fsp3) is 0.533. The first kappa shape index (κ1) is 19.5. The van der Waals surface area contributed by atoms with Gasteiger partial charge in [-0.3, -0.25) is 4.79 Å². The molecule has 5 nitrogen and oxygen atoms in total. The SMILES string of the molecule is CCCOc1ccc(C(=O)NCCNC)cc1OCC.Cl. The van der Waals surface area contributed by atoms with Gasteiger partial charge in [-0.15, -0.1) is 12.4 Å². The van der Waals surface area contributed by atoms with E-state index in [0.29, 0.717) is 36.8 Å². The summed E-state index contributed by atoms with van der Waals surface area (Å²) in [4.78, 5) is 12.0. The van der Waals surface area contributed by atoms with Crippen molar-refractivity contribution in [2.45, 2.75) is 20.3 Å². The Labute approximate surface area is 132 Å². The lowest BCUT2D eigenvalue weighted by atomic mass is 10.2. The normalized spacial score (nSPS) is 9.67. The largest absolute Gasteiger partial charge is 0.490 e. The predicted octanol–water partition coefficient (Wildman–Crippen LogP) is 2.25. The Morgan fingerprint density at radius 2 is 1.90 bits per heavy atom. The summed E-state index contributed by atoms with van der Waals surface area (Å²) in [5.74, 6) is 1.19. The molecule has 0 unspecified atom stereocenters. The van der Waals surface area contributed by atoms with E-state index >= 15 is 0 Å². The van der Waals surface area contributed by atoms with Crippen LogP contribution in [0.3, 0.4) is 0 Å². The number of benzene rings is 1. The van der Waals surface area contributed by atoms with Gasteiger partial charge in [0.15, 0.2) is 11.5 Å². The average molecular weight is 317 g/mol. The van der Waals surface area contributed by atoms with E-state index in [1.54, 1.807) is 18.2 Å². The van der Waals surface area contributed by atoms with Gasteiger partial charge in [-0.05, 0) is 38.6 Å². The Morgan fingerprint density at radius 3 is 2.52 bits per heavy atom. The first-order valence-electron chi connectivity index (χ1n) is 7.05. The van der Waals surface area contributed by atoms with Gasteiger partial charge in [0.1, 0.15) is 0 Å². The van der Waals surface area contributed by atoms with Crippen LogP contribution in [0.1, 0.15) is 30.6 Å². The molecule has 1 aromatic rings. The smallest absolute Gasteiger partial charge is 0.251 e.